The van der Waals surface area contributed by atoms with E-state index in [2.05, 4.69) is 21.2 Å². The van der Waals surface area contributed by atoms with Crippen LogP contribution in [0.5, 0.6) is 11.5 Å². The second kappa shape index (κ2) is 8.73. The van der Waals surface area contributed by atoms with Gasteiger partial charge in [-0.05, 0) is 65.2 Å². The molecule has 2 aromatic carbocycles. The van der Waals surface area contributed by atoms with Crippen molar-refractivity contribution in [3.8, 4) is 11.5 Å². The van der Waals surface area contributed by atoms with Crippen LogP contribution in [0.1, 0.15) is 31.0 Å². The maximum Gasteiger partial charge on any atom is 0.224 e. The van der Waals surface area contributed by atoms with Gasteiger partial charge in [0.05, 0.1) is 30.7 Å². The first kappa shape index (κ1) is 18.3. The smallest absolute Gasteiger partial charge is 0.224 e. The van der Waals surface area contributed by atoms with Crippen molar-refractivity contribution in [2.24, 2.45) is 0 Å². The molecule has 0 saturated carbocycles. The fraction of sp³-hybridized carbons (Fsp3) is 0.316. The summed E-state index contributed by atoms with van der Waals surface area (Å²) < 4.78 is 11.5. The monoisotopic (exact) mass is 391 g/mol. The van der Waals surface area contributed by atoms with E-state index in [-0.39, 0.29) is 11.9 Å². The lowest BCUT2D eigenvalue weighted by Gasteiger charge is -2.16. The molecule has 0 bridgehead atoms. The largest absolute Gasteiger partial charge is 0.496 e. The van der Waals surface area contributed by atoms with E-state index in [0.29, 0.717) is 13.0 Å². The molecule has 0 radical (unpaired) electrons. The van der Waals surface area contributed by atoms with Crippen molar-refractivity contribution in [2.75, 3.05) is 13.7 Å². The summed E-state index contributed by atoms with van der Waals surface area (Å²) in [5.41, 5.74) is 1.97. The summed E-state index contributed by atoms with van der Waals surface area (Å²) in [5.74, 6) is 1.57. The summed E-state index contributed by atoms with van der Waals surface area (Å²) in [5, 5.41) is 3.02. The zero-order chi connectivity index (χ0) is 17.5. The first-order valence-electron chi connectivity index (χ1n) is 7.88. The van der Waals surface area contributed by atoms with E-state index in [9.17, 15) is 4.79 Å². The number of halogens is 1. The molecular weight excluding hydrogens is 370 g/mol. The minimum absolute atomic E-state index is 0.0152. The summed E-state index contributed by atoms with van der Waals surface area (Å²) in [6, 6.07) is 13.3. The van der Waals surface area contributed by atoms with Crippen molar-refractivity contribution in [1.29, 1.82) is 0 Å². The number of amides is 1. The Morgan fingerprint density at radius 1 is 1.21 bits per heavy atom. The molecule has 24 heavy (non-hydrogen) atoms. The van der Waals surface area contributed by atoms with Gasteiger partial charge in [-0.15, -0.1) is 0 Å². The Kier molecular flexibility index (Phi) is 6.67. The minimum Gasteiger partial charge on any atom is -0.496 e. The van der Waals surface area contributed by atoms with Gasteiger partial charge in [-0.1, -0.05) is 18.2 Å². The molecule has 2 aromatic rings. The van der Waals surface area contributed by atoms with E-state index in [1.165, 1.54) is 0 Å². The number of hydrogen-bond acceptors (Lipinski definition) is 3. The average molecular weight is 392 g/mol. The summed E-state index contributed by atoms with van der Waals surface area (Å²) in [7, 11) is 1.63. The molecule has 128 valence electrons. The van der Waals surface area contributed by atoms with Crippen molar-refractivity contribution in [3.05, 3.63) is 58.1 Å². The second-order valence-electron chi connectivity index (χ2n) is 5.44. The Morgan fingerprint density at radius 3 is 2.50 bits per heavy atom. The molecule has 5 heteroatoms. The van der Waals surface area contributed by atoms with Gasteiger partial charge in [0.25, 0.3) is 0 Å². The van der Waals surface area contributed by atoms with Crippen LogP contribution in [-0.4, -0.2) is 19.6 Å². The molecule has 1 N–H and O–H groups in total. The van der Waals surface area contributed by atoms with Gasteiger partial charge in [0.15, 0.2) is 0 Å². The maximum absolute atomic E-state index is 12.2. The molecule has 1 unspecified atom stereocenters. The van der Waals surface area contributed by atoms with Crippen LogP contribution in [-0.2, 0) is 11.2 Å². The van der Waals surface area contributed by atoms with Crippen molar-refractivity contribution in [3.63, 3.8) is 0 Å². The fourth-order valence-electron chi connectivity index (χ4n) is 2.38. The molecule has 4 nitrogen and oxygen atoms in total. The Labute approximate surface area is 151 Å². The molecule has 0 aliphatic rings. The molecular formula is C19H22BrNO3. The first-order chi connectivity index (χ1) is 11.5. The number of ether oxygens (including phenoxy) is 2. The maximum atomic E-state index is 12.2. The highest BCUT2D eigenvalue weighted by molar-refractivity contribution is 9.10. The number of carbonyl (C=O) groups is 1. The number of nitrogens with one attached hydrogen (secondary N) is 1. The average Bonchev–Trinajstić information content (AvgIpc) is 2.56. The van der Waals surface area contributed by atoms with Gasteiger partial charge >= 0.3 is 0 Å². The van der Waals surface area contributed by atoms with E-state index >= 15 is 0 Å². The van der Waals surface area contributed by atoms with Crippen molar-refractivity contribution in [1.82, 2.24) is 5.32 Å². The third kappa shape index (κ3) is 4.99. The van der Waals surface area contributed by atoms with E-state index in [1.54, 1.807) is 7.11 Å². The Morgan fingerprint density at radius 2 is 1.92 bits per heavy atom. The van der Waals surface area contributed by atoms with Crippen molar-refractivity contribution in [2.45, 2.75) is 26.3 Å². The van der Waals surface area contributed by atoms with E-state index in [1.807, 2.05) is 56.3 Å². The second-order valence-corrected chi connectivity index (χ2v) is 6.29. The molecule has 2 rings (SSSR count). The van der Waals surface area contributed by atoms with Gasteiger partial charge < -0.3 is 14.8 Å². The zero-order valence-corrected chi connectivity index (χ0v) is 15.7. The molecule has 0 spiro atoms. The number of benzene rings is 2. The van der Waals surface area contributed by atoms with E-state index in [4.69, 9.17) is 9.47 Å². The van der Waals surface area contributed by atoms with E-state index in [0.717, 1.165) is 27.1 Å². The Bertz CT molecular complexity index is 686. The summed E-state index contributed by atoms with van der Waals surface area (Å²) in [4.78, 5) is 12.2. The lowest BCUT2D eigenvalue weighted by Crippen LogP contribution is -2.28. The normalized spacial score (nSPS) is 11.7. The number of hydrogen-bond donors (Lipinski definition) is 1. The van der Waals surface area contributed by atoms with Crippen LogP contribution in [0.15, 0.2) is 46.9 Å². The molecule has 0 aromatic heterocycles. The molecule has 0 saturated heterocycles. The third-order valence-corrected chi connectivity index (χ3v) is 4.27. The lowest BCUT2D eigenvalue weighted by atomic mass is 10.1. The summed E-state index contributed by atoms with van der Waals surface area (Å²) >= 11 is 3.47. The molecule has 0 aliphatic heterocycles. The molecule has 1 atom stereocenters. The van der Waals surface area contributed by atoms with Crippen molar-refractivity contribution >= 4 is 21.8 Å². The van der Waals surface area contributed by atoms with Gasteiger partial charge in [-0.2, -0.15) is 0 Å². The molecule has 0 heterocycles. The minimum atomic E-state index is -0.0811. The highest BCUT2D eigenvalue weighted by Gasteiger charge is 2.12. The molecule has 1 amide bonds. The van der Waals surface area contributed by atoms with Gasteiger partial charge in [0.2, 0.25) is 5.91 Å². The predicted molar refractivity (Wildman–Crippen MR) is 98.6 cm³/mol. The van der Waals surface area contributed by atoms with Crippen LogP contribution >= 0.6 is 15.9 Å². The highest BCUT2D eigenvalue weighted by Crippen LogP contribution is 2.28. The standard InChI is InChI=1S/C19H22BrNO3/c1-4-24-16-8-5-14(6-9-16)11-19(22)21-13(2)15-7-10-18(23-3)17(20)12-15/h5-10,12-13H,4,11H2,1-3H3,(H,21,22). The quantitative estimate of drug-likeness (QED) is 0.765. The van der Waals surface area contributed by atoms with Crippen LogP contribution in [0.3, 0.4) is 0 Å². The Balaban J connectivity index is 1.94. The SMILES string of the molecule is CCOc1ccc(CC(=O)NC(C)c2ccc(OC)c(Br)c2)cc1. The van der Waals surface area contributed by atoms with Crippen molar-refractivity contribution < 1.29 is 14.3 Å². The van der Waals surface area contributed by atoms with Crippen LogP contribution in [0.2, 0.25) is 0 Å². The zero-order valence-electron chi connectivity index (χ0n) is 14.1. The fourth-order valence-corrected chi connectivity index (χ4v) is 2.94. The number of methoxy groups -OCH3 is 1. The molecule has 0 fully saturated rings. The van der Waals surface area contributed by atoms with Crippen LogP contribution in [0, 0.1) is 0 Å². The predicted octanol–water partition coefficient (Wildman–Crippen LogP) is 4.28. The van der Waals surface area contributed by atoms with Gasteiger partial charge in [-0.3, -0.25) is 4.79 Å². The van der Waals surface area contributed by atoms with Crippen LogP contribution in [0.25, 0.3) is 0 Å². The topological polar surface area (TPSA) is 47.6 Å². The number of carbonyl (C=O) groups excluding carboxylic acids is 1. The summed E-state index contributed by atoms with van der Waals surface area (Å²) in [6.07, 6.45) is 0.341. The lowest BCUT2D eigenvalue weighted by molar-refractivity contribution is -0.121. The first-order valence-corrected chi connectivity index (χ1v) is 8.67. The highest BCUT2D eigenvalue weighted by atomic mass is 79.9. The Hall–Kier alpha value is -2.01. The summed E-state index contributed by atoms with van der Waals surface area (Å²) in [6.45, 7) is 4.54. The number of rotatable bonds is 7. The molecule has 0 aliphatic carbocycles. The van der Waals surface area contributed by atoms with Gasteiger partial charge in [0.1, 0.15) is 11.5 Å². The van der Waals surface area contributed by atoms with Crippen LogP contribution in [0.4, 0.5) is 0 Å². The third-order valence-electron chi connectivity index (χ3n) is 3.65. The van der Waals surface area contributed by atoms with Gasteiger partial charge in [-0.25, -0.2) is 0 Å². The van der Waals surface area contributed by atoms with E-state index < -0.39 is 0 Å². The van der Waals surface area contributed by atoms with Gasteiger partial charge in [0, 0.05) is 0 Å². The van der Waals surface area contributed by atoms with Crippen LogP contribution < -0.4 is 14.8 Å².